The van der Waals surface area contributed by atoms with E-state index in [0.717, 1.165) is 29.3 Å². The fourth-order valence-corrected chi connectivity index (χ4v) is 2.17. The quantitative estimate of drug-likeness (QED) is 0.604. The molecule has 0 atom stereocenters. The molecule has 2 aromatic carbocycles. The lowest BCUT2D eigenvalue weighted by molar-refractivity contribution is -0.137. The highest BCUT2D eigenvalue weighted by molar-refractivity contribution is 5.93. The van der Waals surface area contributed by atoms with Crippen LogP contribution in [0.5, 0.6) is 5.75 Å². The van der Waals surface area contributed by atoms with E-state index in [1.54, 1.807) is 6.07 Å². The number of aryl methyl sites for hydroxylation is 2. The summed E-state index contributed by atoms with van der Waals surface area (Å²) in [5.41, 5.74) is 5.86. The number of amides is 2. The van der Waals surface area contributed by atoms with Gasteiger partial charge in [-0.25, -0.2) is 0 Å². The highest BCUT2D eigenvalue weighted by Gasteiger charge is 2.29. The Labute approximate surface area is 160 Å². The monoisotopic (exact) mass is 392 g/mol. The second-order valence-corrected chi connectivity index (χ2v) is 6.05. The van der Waals surface area contributed by atoms with Crippen LogP contribution >= 0.6 is 0 Å². The van der Waals surface area contributed by atoms with Crippen molar-refractivity contribution in [3.63, 3.8) is 0 Å². The maximum absolute atomic E-state index is 12.5. The molecule has 0 fully saturated rings. The standard InChI is InChI=1S/C20H19F3N2O3/c1-13-3-4-14(2)17(11-13)28-12-19(27)25-24-18(26)10-7-15-5-8-16(9-6-15)20(21,22)23/h3-11H,12H2,1-2H3,(H,24,26)(H,25,27)/b10-7+. The molecule has 0 unspecified atom stereocenters. The van der Waals surface area contributed by atoms with Gasteiger partial charge in [-0.3, -0.25) is 20.4 Å². The molecule has 28 heavy (non-hydrogen) atoms. The zero-order valence-electron chi connectivity index (χ0n) is 15.3. The molecule has 2 aromatic rings. The summed E-state index contributed by atoms with van der Waals surface area (Å²) in [4.78, 5) is 23.4. The van der Waals surface area contributed by atoms with Crippen molar-refractivity contribution in [3.8, 4) is 5.75 Å². The van der Waals surface area contributed by atoms with Crippen LogP contribution in [0.3, 0.4) is 0 Å². The third-order valence-corrected chi connectivity index (χ3v) is 3.69. The second-order valence-electron chi connectivity index (χ2n) is 6.05. The summed E-state index contributed by atoms with van der Waals surface area (Å²) in [5, 5.41) is 0. The van der Waals surface area contributed by atoms with Gasteiger partial charge in [0.15, 0.2) is 6.61 Å². The Morgan fingerprint density at radius 1 is 1.04 bits per heavy atom. The number of benzene rings is 2. The number of hydrazine groups is 1. The van der Waals surface area contributed by atoms with Crippen LogP contribution in [0.2, 0.25) is 0 Å². The number of carbonyl (C=O) groups excluding carboxylic acids is 2. The van der Waals surface area contributed by atoms with Crippen molar-refractivity contribution >= 4 is 17.9 Å². The Balaban J connectivity index is 1.79. The molecule has 5 nitrogen and oxygen atoms in total. The van der Waals surface area contributed by atoms with Gasteiger partial charge in [0, 0.05) is 6.08 Å². The Bertz CT molecular complexity index is 875. The van der Waals surface area contributed by atoms with Crippen LogP contribution in [0.4, 0.5) is 13.2 Å². The first-order chi connectivity index (χ1) is 13.1. The molecule has 8 heteroatoms. The SMILES string of the molecule is Cc1ccc(C)c(OCC(=O)NNC(=O)/C=C/c2ccc(C(F)(F)F)cc2)c1. The molecule has 148 valence electrons. The number of alkyl halides is 3. The summed E-state index contributed by atoms with van der Waals surface area (Å²) in [6.45, 7) is 3.46. The minimum Gasteiger partial charge on any atom is -0.483 e. The first kappa shape index (κ1) is 21.0. The minimum atomic E-state index is -4.41. The topological polar surface area (TPSA) is 67.4 Å². The van der Waals surface area contributed by atoms with Crippen molar-refractivity contribution in [3.05, 3.63) is 70.8 Å². The number of nitrogens with one attached hydrogen (secondary N) is 2. The summed E-state index contributed by atoms with van der Waals surface area (Å²) in [7, 11) is 0. The Kier molecular flexibility index (Phi) is 6.81. The molecule has 0 radical (unpaired) electrons. The van der Waals surface area contributed by atoms with Gasteiger partial charge >= 0.3 is 6.18 Å². The summed E-state index contributed by atoms with van der Waals surface area (Å²) in [6, 6.07) is 9.91. The van der Waals surface area contributed by atoms with Gasteiger partial charge < -0.3 is 4.74 Å². The highest BCUT2D eigenvalue weighted by atomic mass is 19.4. The largest absolute Gasteiger partial charge is 0.483 e. The summed E-state index contributed by atoms with van der Waals surface area (Å²) in [6.07, 6.45) is -1.99. The predicted molar refractivity (Wildman–Crippen MR) is 98.2 cm³/mol. The maximum atomic E-state index is 12.5. The molecular weight excluding hydrogens is 373 g/mol. The average Bonchev–Trinajstić information content (AvgIpc) is 2.65. The van der Waals surface area contributed by atoms with Gasteiger partial charge in [-0.15, -0.1) is 0 Å². The Morgan fingerprint density at radius 2 is 1.71 bits per heavy atom. The van der Waals surface area contributed by atoms with Crippen LogP contribution in [-0.2, 0) is 15.8 Å². The van der Waals surface area contributed by atoms with E-state index in [1.165, 1.54) is 18.2 Å². The molecule has 0 aliphatic rings. The third-order valence-electron chi connectivity index (χ3n) is 3.69. The Morgan fingerprint density at radius 3 is 2.36 bits per heavy atom. The molecule has 0 spiro atoms. The van der Waals surface area contributed by atoms with Crippen LogP contribution in [0.1, 0.15) is 22.3 Å². The fraction of sp³-hybridized carbons (Fsp3) is 0.200. The minimum absolute atomic E-state index is 0.285. The summed E-state index contributed by atoms with van der Waals surface area (Å²) < 4.78 is 42.9. The van der Waals surface area contributed by atoms with E-state index >= 15 is 0 Å². The van der Waals surface area contributed by atoms with Crippen molar-refractivity contribution in [1.29, 1.82) is 0 Å². The molecule has 2 N–H and O–H groups in total. The van der Waals surface area contributed by atoms with E-state index in [9.17, 15) is 22.8 Å². The zero-order chi connectivity index (χ0) is 20.7. The number of halogens is 3. The number of ether oxygens (including phenoxy) is 1. The van der Waals surface area contributed by atoms with Crippen LogP contribution in [-0.4, -0.2) is 18.4 Å². The molecule has 0 saturated heterocycles. The third kappa shape index (κ3) is 6.46. The normalized spacial score (nSPS) is 11.3. The van der Waals surface area contributed by atoms with Crippen molar-refractivity contribution in [2.24, 2.45) is 0 Å². The Hall–Kier alpha value is -3.29. The van der Waals surface area contributed by atoms with Crippen molar-refractivity contribution in [2.45, 2.75) is 20.0 Å². The number of hydrogen-bond acceptors (Lipinski definition) is 3. The van der Waals surface area contributed by atoms with Crippen molar-refractivity contribution < 1.29 is 27.5 Å². The van der Waals surface area contributed by atoms with Crippen LogP contribution < -0.4 is 15.6 Å². The molecular formula is C20H19F3N2O3. The number of rotatable bonds is 5. The fourth-order valence-electron chi connectivity index (χ4n) is 2.17. The molecule has 2 amide bonds. The molecule has 2 rings (SSSR count). The van der Waals surface area contributed by atoms with Gasteiger partial charge in [0.05, 0.1) is 5.56 Å². The molecule has 0 bridgehead atoms. The first-order valence-electron chi connectivity index (χ1n) is 8.29. The van der Waals surface area contributed by atoms with Gasteiger partial charge in [0.1, 0.15) is 5.75 Å². The first-order valence-corrected chi connectivity index (χ1v) is 8.29. The van der Waals surface area contributed by atoms with Gasteiger partial charge in [-0.1, -0.05) is 24.3 Å². The van der Waals surface area contributed by atoms with E-state index in [1.807, 2.05) is 26.0 Å². The molecule has 0 aromatic heterocycles. The molecule has 0 aliphatic heterocycles. The van der Waals surface area contributed by atoms with Gasteiger partial charge in [-0.2, -0.15) is 13.2 Å². The summed E-state index contributed by atoms with van der Waals surface area (Å²) in [5.74, 6) is -0.624. The second kappa shape index (κ2) is 9.07. The van der Waals surface area contributed by atoms with E-state index in [2.05, 4.69) is 10.9 Å². The average molecular weight is 392 g/mol. The van der Waals surface area contributed by atoms with E-state index < -0.39 is 23.6 Å². The highest BCUT2D eigenvalue weighted by Crippen LogP contribution is 2.29. The smallest absolute Gasteiger partial charge is 0.416 e. The number of carbonyl (C=O) groups is 2. The van der Waals surface area contributed by atoms with Gasteiger partial charge in [0.2, 0.25) is 0 Å². The van der Waals surface area contributed by atoms with E-state index in [0.29, 0.717) is 11.3 Å². The summed E-state index contributed by atoms with van der Waals surface area (Å²) >= 11 is 0. The van der Waals surface area contributed by atoms with Crippen LogP contribution in [0.25, 0.3) is 6.08 Å². The van der Waals surface area contributed by atoms with E-state index in [4.69, 9.17) is 4.74 Å². The van der Waals surface area contributed by atoms with Crippen molar-refractivity contribution in [2.75, 3.05) is 6.61 Å². The predicted octanol–water partition coefficient (Wildman–Crippen LogP) is 3.56. The zero-order valence-corrected chi connectivity index (χ0v) is 15.3. The molecule has 0 saturated carbocycles. The van der Waals surface area contributed by atoms with E-state index in [-0.39, 0.29) is 6.61 Å². The van der Waals surface area contributed by atoms with Crippen molar-refractivity contribution in [1.82, 2.24) is 10.9 Å². The molecule has 0 heterocycles. The molecule has 0 aliphatic carbocycles. The maximum Gasteiger partial charge on any atom is 0.416 e. The lowest BCUT2D eigenvalue weighted by Gasteiger charge is -2.10. The lowest BCUT2D eigenvalue weighted by Crippen LogP contribution is -2.43. The van der Waals surface area contributed by atoms with Gasteiger partial charge in [-0.05, 0) is 54.8 Å². The van der Waals surface area contributed by atoms with Crippen LogP contribution in [0.15, 0.2) is 48.5 Å². The lowest BCUT2D eigenvalue weighted by atomic mass is 10.1. The van der Waals surface area contributed by atoms with Crippen LogP contribution in [0, 0.1) is 13.8 Å². The van der Waals surface area contributed by atoms with Gasteiger partial charge in [0.25, 0.3) is 11.8 Å². The number of hydrogen-bond donors (Lipinski definition) is 2.